The zero-order valence-electron chi connectivity index (χ0n) is 9.48. The van der Waals surface area contributed by atoms with Crippen LogP contribution in [-0.2, 0) is 9.59 Å². The Morgan fingerprint density at radius 3 is 2.33 bits per heavy atom. The second kappa shape index (κ2) is 7.06. The molecule has 1 aromatic carbocycles. The van der Waals surface area contributed by atoms with E-state index in [0.29, 0.717) is 5.30 Å². The molecular formula is C11H14NO5P. The van der Waals surface area contributed by atoms with Crippen LogP contribution in [0.4, 0.5) is 0 Å². The minimum Gasteiger partial charge on any atom is -0.481 e. The van der Waals surface area contributed by atoms with Crippen molar-refractivity contribution in [2.75, 3.05) is 0 Å². The van der Waals surface area contributed by atoms with Gasteiger partial charge in [-0.1, -0.05) is 30.3 Å². The topological polar surface area (TPSA) is 107 Å². The van der Waals surface area contributed by atoms with Gasteiger partial charge in [-0.3, -0.25) is 14.7 Å². The van der Waals surface area contributed by atoms with E-state index < -0.39 is 26.3 Å². The van der Waals surface area contributed by atoms with Gasteiger partial charge in [-0.25, -0.2) is 0 Å². The van der Waals surface area contributed by atoms with Gasteiger partial charge in [-0.15, -0.1) is 0 Å². The largest absolute Gasteiger partial charge is 0.481 e. The molecule has 0 fully saturated rings. The van der Waals surface area contributed by atoms with Crippen LogP contribution in [-0.4, -0.2) is 33.1 Å². The number of carboxylic acids is 2. The summed E-state index contributed by atoms with van der Waals surface area (Å²) >= 11 is 0. The van der Waals surface area contributed by atoms with Gasteiger partial charge in [0.05, 0.1) is 0 Å². The molecule has 0 spiro atoms. The number of carboxylic acid groups (broad SMARTS) is 2. The van der Waals surface area contributed by atoms with Crippen molar-refractivity contribution >= 4 is 25.5 Å². The first-order valence-corrected chi connectivity index (χ1v) is 6.55. The summed E-state index contributed by atoms with van der Waals surface area (Å²) in [6, 6.07) is 7.53. The lowest BCUT2D eigenvalue weighted by atomic mass is 10.2. The zero-order valence-corrected chi connectivity index (χ0v) is 10.4. The third-order valence-corrected chi connectivity index (χ3v) is 3.57. The van der Waals surface area contributed by atoms with Crippen molar-refractivity contribution in [2.24, 2.45) is 0 Å². The van der Waals surface area contributed by atoms with Crippen LogP contribution in [0.25, 0.3) is 0 Å². The van der Waals surface area contributed by atoms with E-state index in [0.717, 1.165) is 0 Å². The number of carbonyl (C=O) groups is 2. The van der Waals surface area contributed by atoms with E-state index in [2.05, 4.69) is 5.09 Å². The molecule has 6 nitrogen and oxygen atoms in total. The molecule has 0 aliphatic carbocycles. The highest BCUT2D eigenvalue weighted by Gasteiger charge is 2.22. The first-order valence-electron chi connectivity index (χ1n) is 5.25. The fraction of sp³-hybridized carbons (Fsp3) is 0.273. The first kappa shape index (κ1) is 14.6. The van der Waals surface area contributed by atoms with Crippen LogP contribution in [0.3, 0.4) is 0 Å². The number of benzene rings is 1. The maximum Gasteiger partial charge on any atom is 0.321 e. The molecule has 0 saturated heterocycles. The molecule has 0 aliphatic rings. The molecule has 0 saturated carbocycles. The molecule has 2 atom stereocenters. The Hall–Kier alpha value is -1.49. The van der Waals surface area contributed by atoms with E-state index in [4.69, 9.17) is 10.2 Å². The SMILES string of the molecule is O=C(O)CC[C@H](NP(O)c1ccccc1)C(=O)O. The predicted molar refractivity (Wildman–Crippen MR) is 66.6 cm³/mol. The third-order valence-electron chi connectivity index (χ3n) is 2.22. The number of hydrogen-bond donors (Lipinski definition) is 4. The van der Waals surface area contributed by atoms with Gasteiger partial charge in [0.2, 0.25) is 0 Å². The first-order chi connectivity index (χ1) is 8.50. The Balaban J connectivity index is 2.60. The smallest absolute Gasteiger partial charge is 0.321 e. The Kier molecular flexibility index (Phi) is 5.71. The zero-order chi connectivity index (χ0) is 13.5. The molecule has 0 radical (unpaired) electrons. The molecular weight excluding hydrogens is 257 g/mol. The quantitative estimate of drug-likeness (QED) is 0.539. The average molecular weight is 271 g/mol. The fourth-order valence-corrected chi connectivity index (χ4v) is 2.44. The van der Waals surface area contributed by atoms with Gasteiger partial charge in [-0.05, 0) is 6.42 Å². The minimum atomic E-state index is -1.80. The van der Waals surface area contributed by atoms with Crippen LogP contribution in [0.1, 0.15) is 12.8 Å². The van der Waals surface area contributed by atoms with Gasteiger partial charge in [0.25, 0.3) is 0 Å². The summed E-state index contributed by atoms with van der Waals surface area (Å²) < 4.78 is 0. The van der Waals surface area contributed by atoms with E-state index in [9.17, 15) is 14.5 Å². The molecule has 18 heavy (non-hydrogen) atoms. The van der Waals surface area contributed by atoms with Crippen LogP contribution in [0, 0.1) is 0 Å². The molecule has 0 bridgehead atoms. The molecule has 4 N–H and O–H groups in total. The van der Waals surface area contributed by atoms with Crippen molar-refractivity contribution in [3.05, 3.63) is 30.3 Å². The third kappa shape index (κ3) is 4.79. The molecule has 1 unspecified atom stereocenters. The summed E-state index contributed by atoms with van der Waals surface area (Å²) in [5.41, 5.74) is 0. The maximum atomic E-state index is 10.9. The lowest BCUT2D eigenvalue weighted by molar-refractivity contribution is -0.140. The van der Waals surface area contributed by atoms with E-state index in [-0.39, 0.29) is 12.8 Å². The highest BCUT2D eigenvalue weighted by Crippen LogP contribution is 2.24. The Labute approximate surface area is 105 Å². The predicted octanol–water partition coefficient (Wildman–Crippen LogP) is 0.524. The highest BCUT2D eigenvalue weighted by molar-refractivity contribution is 7.57. The van der Waals surface area contributed by atoms with Crippen LogP contribution in [0.2, 0.25) is 0 Å². The van der Waals surface area contributed by atoms with Gasteiger partial charge < -0.3 is 15.1 Å². The standard InChI is InChI=1S/C11H14NO5P/c13-10(14)7-6-9(11(15)16)12-18(17)8-4-2-1-3-5-8/h1-5,9,12,17H,6-7H2,(H,13,14)(H,15,16)/t9-,18?/m0/s1. The molecule has 1 aromatic rings. The van der Waals surface area contributed by atoms with Gasteiger partial charge in [0.15, 0.2) is 0 Å². The van der Waals surface area contributed by atoms with Crippen molar-refractivity contribution in [3.63, 3.8) is 0 Å². The molecule has 1 rings (SSSR count). The fourth-order valence-electron chi connectivity index (χ4n) is 1.30. The molecule has 0 amide bonds. The van der Waals surface area contributed by atoms with E-state index >= 15 is 0 Å². The Morgan fingerprint density at radius 2 is 1.83 bits per heavy atom. The highest BCUT2D eigenvalue weighted by atomic mass is 31.2. The lowest BCUT2D eigenvalue weighted by Gasteiger charge is -2.18. The molecule has 0 heterocycles. The van der Waals surface area contributed by atoms with Gasteiger partial charge in [-0.2, -0.15) is 0 Å². The summed E-state index contributed by atoms with van der Waals surface area (Å²) in [7, 11) is -1.80. The molecule has 0 aromatic heterocycles. The summed E-state index contributed by atoms with van der Waals surface area (Å²) in [4.78, 5) is 31.2. The normalized spacial score (nSPS) is 13.8. The second-order valence-electron chi connectivity index (χ2n) is 3.60. The summed E-state index contributed by atoms with van der Waals surface area (Å²) in [6.45, 7) is 0. The van der Waals surface area contributed by atoms with E-state index in [1.165, 1.54) is 0 Å². The van der Waals surface area contributed by atoms with Gasteiger partial charge in [0.1, 0.15) is 14.3 Å². The number of nitrogens with one attached hydrogen (secondary N) is 1. The maximum absolute atomic E-state index is 10.9. The number of rotatable bonds is 7. The molecule has 98 valence electrons. The number of aliphatic carboxylic acids is 2. The Morgan fingerprint density at radius 1 is 1.22 bits per heavy atom. The average Bonchev–Trinajstić information content (AvgIpc) is 2.34. The summed E-state index contributed by atoms with van der Waals surface area (Å²) in [6.07, 6.45) is -0.335. The number of hydrogen-bond acceptors (Lipinski definition) is 4. The summed E-state index contributed by atoms with van der Waals surface area (Å²) in [5.74, 6) is -2.24. The van der Waals surface area contributed by atoms with Crippen LogP contribution >= 0.6 is 8.30 Å². The van der Waals surface area contributed by atoms with Crippen LogP contribution < -0.4 is 10.4 Å². The van der Waals surface area contributed by atoms with Crippen LogP contribution in [0.5, 0.6) is 0 Å². The van der Waals surface area contributed by atoms with Crippen molar-refractivity contribution in [2.45, 2.75) is 18.9 Å². The van der Waals surface area contributed by atoms with Crippen molar-refractivity contribution < 1.29 is 24.7 Å². The second-order valence-corrected chi connectivity index (χ2v) is 5.00. The minimum absolute atomic E-state index is 0.0725. The van der Waals surface area contributed by atoms with Gasteiger partial charge in [0, 0.05) is 11.7 Å². The van der Waals surface area contributed by atoms with Crippen LogP contribution in [0.15, 0.2) is 30.3 Å². The van der Waals surface area contributed by atoms with Crippen molar-refractivity contribution in [1.29, 1.82) is 0 Å². The summed E-state index contributed by atoms with van der Waals surface area (Å²) in [5, 5.41) is 20.6. The van der Waals surface area contributed by atoms with Crippen molar-refractivity contribution in [1.82, 2.24) is 5.09 Å². The lowest BCUT2D eigenvalue weighted by Crippen LogP contribution is -2.35. The van der Waals surface area contributed by atoms with E-state index in [1.54, 1.807) is 30.3 Å². The van der Waals surface area contributed by atoms with E-state index in [1.807, 2.05) is 0 Å². The monoisotopic (exact) mass is 271 g/mol. The van der Waals surface area contributed by atoms with Crippen molar-refractivity contribution in [3.8, 4) is 0 Å². The Bertz CT molecular complexity index is 411. The molecule has 0 aliphatic heterocycles. The molecule has 7 heteroatoms. The van der Waals surface area contributed by atoms with Gasteiger partial charge >= 0.3 is 11.9 Å².